The number of esters is 1. The van der Waals surface area contributed by atoms with E-state index < -0.39 is 29.2 Å². The second kappa shape index (κ2) is 8.80. The molecule has 0 spiro atoms. The molecule has 0 saturated carbocycles. The Labute approximate surface area is 159 Å². The summed E-state index contributed by atoms with van der Waals surface area (Å²) in [5.41, 5.74) is -0.237. The number of carbonyl (C=O) groups excluding carboxylic acids is 3. The number of anilines is 1. The Balaban J connectivity index is 2.12. The van der Waals surface area contributed by atoms with Crippen molar-refractivity contribution in [1.29, 1.82) is 0 Å². The van der Waals surface area contributed by atoms with Crippen molar-refractivity contribution in [3.8, 4) is 5.75 Å². The molecule has 0 radical (unpaired) electrons. The minimum absolute atomic E-state index is 0.0324. The van der Waals surface area contributed by atoms with Crippen molar-refractivity contribution in [3.63, 3.8) is 0 Å². The molecule has 0 fully saturated rings. The number of hydrogen-bond donors (Lipinski definition) is 1. The number of benzene rings is 1. The molecule has 1 amide bonds. The molecule has 10 heteroatoms. The number of carbonyl (C=O) groups is 3. The topological polar surface area (TPSA) is 138 Å². The first-order valence-corrected chi connectivity index (χ1v) is 8.23. The van der Waals surface area contributed by atoms with E-state index >= 15 is 0 Å². The third kappa shape index (κ3) is 4.72. The lowest BCUT2D eigenvalue weighted by molar-refractivity contribution is -0.384. The number of hydrogen-bond acceptors (Lipinski definition) is 8. The number of Topliss-reactive ketones (excluding diaryl/α,β-unsaturated/α-hetero) is 1. The monoisotopic (exact) mass is 390 g/mol. The van der Waals surface area contributed by atoms with Gasteiger partial charge in [-0.15, -0.1) is 0 Å². The van der Waals surface area contributed by atoms with E-state index in [0.717, 1.165) is 0 Å². The zero-order chi connectivity index (χ0) is 20.8. The summed E-state index contributed by atoms with van der Waals surface area (Å²) in [6.07, 6.45) is 0. The van der Waals surface area contributed by atoms with Crippen LogP contribution in [0.3, 0.4) is 0 Å². The minimum Gasteiger partial charge on any atom is -0.484 e. The van der Waals surface area contributed by atoms with E-state index in [2.05, 4.69) is 5.32 Å². The van der Waals surface area contributed by atoms with Crippen LogP contribution in [0, 0.1) is 17.0 Å². The van der Waals surface area contributed by atoms with Crippen molar-refractivity contribution in [2.24, 2.45) is 0 Å². The van der Waals surface area contributed by atoms with Crippen LogP contribution >= 0.6 is 0 Å². The highest BCUT2D eigenvalue weighted by Gasteiger charge is 2.28. The van der Waals surface area contributed by atoms with Crippen LogP contribution in [-0.2, 0) is 9.53 Å². The van der Waals surface area contributed by atoms with Crippen molar-refractivity contribution in [1.82, 2.24) is 0 Å². The predicted molar refractivity (Wildman–Crippen MR) is 96.6 cm³/mol. The predicted octanol–water partition coefficient (Wildman–Crippen LogP) is 2.89. The number of furan rings is 1. The van der Waals surface area contributed by atoms with Crippen molar-refractivity contribution >= 4 is 29.2 Å². The second-order valence-electron chi connectivity index (χ2n) is 5.60. The number of ketones is 1. The third-order valence-electron chi connectivity index (χ3n) is 3.59. The fourth-order valence-corrected chi connectivity index (χ4v) is 2.43. The summed E-state index contributed by atoms with van der Waals surface area (Å²) in [7, 11) is 0. The van der Waals surface area contributed by atoms with E-state index in [1.807, 2.05) is 0 Å². The maximum absolute atomic E-state index is 12.2. The Morgan fingerprint density at radius 3 is 2.36 bits per heavy atom. The van der Waals surface area contributed by atoms with Crippen LogP contribution in [0.2, 0.25) is 0 Å². The molecule has 148 valence electrons. The van der Waals surface area contributed by atoms with Crippen molar-refractivity contribution in [2.75, 3.05) is 18.5 Å². The maximum atomic E-state index is 12.2. The zero-order valence-electron chi connectivity index (χ0n) is 15.4. The summed E-state index contributed by atoms with van der Waals surface area (Å²) >= 11 is 0. The maximum Gasteiger partial charge on any atom is 0.344 e. The van der Waals surface area contributed by atoms with E-state index in [0.29, 0.717) is 0 Å². The third-order valence-corrected chi connectivity index (χ3v) is 3.59. The molecule has 0 aliphatic rings. The van der Waals surface area contributed by atoms with Gasteiger partial charge in [-0.3, -0.25) is 25.0 Å². The van der Waals surface area contributed by atoms with Gasteiger partial charge in [0.1, 0.15) is 17.1 Å². The molecule has 1 aromatic carbocycles. The lowest BCUT2D eigenvalue weighted by Gasteiger charge is -2.07. The summed E-state index contributed by atoms with van der Waals surface area (Å²) < 4.78 is 15.5. The Bertz CT molecular complexity index is 914. The quantitative estimate of drug-likeness (QED) is 0.314. The van der Waals surface area contributed by atoms with Crippen LogP contribution in [0.5, 0.6) is 5.75 Å². The lowest BCUT2D eigenvalue weighted by atomic mass is 10.1. The average Bonchev–Trinajstić information content (AvgIpc) is 2.96. The molecule has 0 bridgehead atoms. The van der Waals surface area contributed by atoms with E-state index in [9.17, 15) is 24.5 Å². The fourth-order valence-electron chi connectivity index (χ4n) is 2.43. The standard InChI is InChI=1S/C18H18N2O8/c1-4-26-18(23)16-15(10(2)21)11(3)28-17(16)19-14(22)9-27-13-7-5-12(6-8-13)20(24)25/h5-8H,4,9H2,1-3H3,(H,19,22). The van der Waals surface area contributed by atoms with Crippen molar-refractivity contribution in [3.05, 3.63) is 51.3 Å². The largest absolute Gasteiger partial charge is 0.484 e. The fraction of sp³-hybridized carbons (Fsp3) is 0.278. The Kier molecular flexibility index (Phi) is 6.48. The van der Waals surface area contributed by atoms with Gasteiger partial charge in [0.25, 0.3) is 11.6 Å². The van der Waals surface area contributed by atoms with Gasteiger partial charge in [0.15, 0.2) is 12.4 Å². The average molecular weight is 390 g/mol. The highest BCUT2D eigenvalue weighted by atomic mass is 16.6. The number of nitrogens with one attached hydrogen (secondary N) is 1. The van der Waals surface area contributed by atoms with Gasteiger partial charge in [-0.25, -0.2) is 4.79 Å². The van der Waals surface area contributed by atoms with Crippen LogP contribution in [-0.4, -0.2) is 35.8 Å². The number of non-ortho nitro benzene ring substituents is 1. The molecule has 10 nitrogen and oxygen atoms in total. The van der Waals surface area contributed by atoms with Gasteiger partial charge in [0, 0.05) is 12.1 Å². The van der Waals surface area contributed by atoms with Crippen LogP contribution in [0.1, 0.15) is 40.3 Å². The number of aryl methyl sites for hydroxylation is 1. The normalized spacial score (nSPS) is 10.2. The zero-order valence-corrected chi connectivity index (χ0v) is 15.4. The number of rotatable bonds is 8. The van der Waals surface area contributed by atoms with Gasteiger partial charge >= 0.3 is 5.97 Å². The first-order chi connectivity index (χ1) is 13.2. The molecule has 0 aliphatic carbocycles. The van der Waals surface area contributed by atoms with E-state index in [4.69, 9.17) is 13.9 Å². The molecule has 2 aromatic rings. The summed E-state index contributed by atoms with van der Waals surface area (Å²) in [6, 6.07) is 5.17. The van der Waals surface area contributed by atoms with Gasteiger partial charge in [0.05, 0.1) is 17.1 Å². The lowest BCUT2D eigenvalue weighted by Crippen LogP contribution is -2.21. The first kappa shape index (κ1) is 20.6. The molecule has 0 unspecified atom stereocenters. The molecule has 1 heterocycles. The van der Waals surface area contributed by atoms with Crippen LogP contribution < -0.4 is 10.1 Å². The Hall–Kier alpha value is -3.69. The molecule has 2 rings (SSSR count). The van der Waals surface area contributed by atoms with Gasteiger partial charge in [-0.2, -0.15) is 0 Å². The van der Waals surface area contributed by atoms with Crippen molar-refractivity contribution < 1.29 is 33.2 Å². The van der Waals surface area contributed by atoms with Crippen LogP contribution in [0.15, 0.2) is 28.7 Å². The molecule has 0 aliphatic heterocycles. The van der Waals surface area contributed by atoms with E-state index in [1.165, 1.54) is 38.1 Å². The minimum atomic E-state index is -0.795. The Morgan fingerprint density at radius 2 is 1.82 bits per heavy atom. The van der Waals surface area contributed by atoms with Gasteiger partial charge < -0.3 is 13.9 Å². The molecular weight excluding hydrogens is 372 g/mol. The molecule has 0 atom stereocenters. The SMILES string of the molecule is CCOC(=O)c1c(NC(=O)COc2ccc([N+](=O)[O-])cc2)oc(C)c1C(C)=O. The summed E-state index contributed by atoms with van der Waals surface area (Å²) in [6.45, 7) is 3.99. The summed E-state index contributed by atoms with van der Waals surface area (Å²) in [5.74, 6) is -1.66. The number of amides is 1. The number of nitro benzene ring substituents is 1. The smallest absolute Gasteiger partial charge is 0.344 e. The van der Waals surface area contributed by atoms with E-state index in [1.54, 1.807) is 6.92 Å². The molecule has 1 aromatic heterocycles. The van der Waals surface area contributed by atoms with Gasteiger partial charge in [-0.05, 0) is 32.9 Å². The highest BCUT2D eigenvalue weighted by Crippen LogP contribution is 2.28. The molecule has 0 saturated heterocycles. The number of nitro groups is 1. The van der Waals surface area contributed by atoms with Gasteiger partial charge in [-0.1, -0.05) is 0 Å². The molecular formula is C18H18N2O8. The Morgan fingerprint density at radius 1 is 1.18 bits per heavy atom. The summed E-state index contributed by atoms with van der Waals surface area (Å²) in [4.78, 5) is 46.2. The van der Waals surface area contributed by atoms with Gasteiger partial charge in [0.2, 0.25) is 5.88 Å². The van der Waals surface area contributed by atoms with Crippen molar-refractivity contribution in [2.45, 2.75) is 20.8 Å². The van der Waals surface area contributed by atoms with E-state index in [-0.39, 0.29) is 40.8 Å². The molecule has 28 heavy (non-hydrogen) atoms. The summed E-state index contributed by atoms with van der Waals surface area (Å²) in [5, 5.41) is 13.0. The second-order valence-corrected chi connectivity index (χ2v) is 5.60. The number of ether oxygens (including phenoxy) is 2. The first-order valence-electron chi connectivity index (χ1n) is 8.23. The highest BCUT2D eigenvalue weighted by molar-refractivity contribution is 6.10. The van der Waals surface area contributed by atoms with Crippen LogP contribution in [0.25, 0.3) is 0 Å². The van der Waals surface area contributed by atoms with Crippen LogP contribution in [0.4, 0.5) is 11.6 Å². The molecule has 1 N–H and O–H groups in total. The number of nitrogens with zero attached hydrogens (tertiary/aromatic N) is 1.